The fraction of sp³-hybridized carbons (Fsp3) is 0.722. The Morgan fingerprint density at radius 2 is 2.05 bits per heavy atom. The molecule has 20 heavy (non-hydrogen) atoms. The van der Waals surface area contributed by atoms with Crippen LogP contribution in [0.25, 0.3) is 0 Å². The number of carbonyl (C=O) groups excluding carboxylic acids is 1. The number of allylic oxidation sites excluding steroid dienone is 4. The standard InChI is InChI=1S/C18H24O2/c1-18-9-8-14-13-5-3-12(19)10-11(13)2-4-15(14)16(18)6-7-17(18)20/h8,15-17,20H,2-7,9-10H2,1H3/t15-,16?,17+,18+/m1/s1. The molecule has 0 saturated heterocycles. The molecule has 108 valence electrons. The molecule has 1 unspecified atom stereocenters. The van der Waals surface area contributed by atoms with Crippen molar-refractivity contribution in [3.8, 4) is 0 Å². The molecule has 0 aromatic rings. The number of aliphatic hydroxyl groups excluding tert-OH is 1. The van der Waals surface area contributed by atoms with Gasteiger partial charge in [-0.2, -0.15) is 0 Å². The Labute approximate surface area is 120 Å². The first kappa shape index (κ1) is 12.8. The predicted octanol–water partition coefficient (Wildman–Crippen LogP) is 3.55. The molecule has 2 nitrogen and oxygen atoms in total. The van der Waals surface area contributed by atoms with Gasteiger partial charge in [0.25, 0.3) is 0 Å². The molecule has 0 spiro atoms. The fourth-order valence-electron chi connectivity index (χ4n) is 5.39. The number of Topliss-reactive ketones (excluding diaryl/α,β-unsaturated/α-hetero) is 1. The van der Waals surface area contributed by atoms with E-state index in [0.717, 1.165) is 32.1 Å². The lowest BCUT2D eigenvalue weighted by Gasteiger charge is -2.46. The normalized spacial score (nSPS) is 43.8. The summed E-state index contributed by atoms with van der Waals surface area (Å²) in [5, 5.41) is 10.4. The van der Waals surface area contributed by atoms with Crippen LogP contribution >= 0.6 is 0 Å². The number of carbonyl (C=O) groups is 1. The predicted molar refractivity (Wildman–Crippen MR) is 78.1 cm³/mol. The molecule has 0 bridgehead atoms. The van der Waals surface area contributed by atoms with Gasteiger partial charge in [-0.1, -0.05) is 18.6 Å². The minimum absolute atomic E-state index is 0.108. The number of hydrogen-bond acceptors (Lipinski definition) is 2. The fourth-order valence-corrected chi connectivity index (χ4v) is 5.39. The van der Waals surface area contributed by atoms with Crippen molar-refractivity contribution in [1.82, 2.24) is 0 Å². The molecule has 0 aromatic carbocycles. The van der Waals surface area contributed by atoms with Crippen molar-refractivity contribution in [3.63, 3.8) is 0 Å². The zero-order valence-electron chi connectivity index (χ0n) is 12.3. The van der Waals surface area contributed by atoms with Gasteiger partial charge in [0.15, 0.2) is 0 Å². The Morgan fingerprint density at radius 3 is 2.90 bits per heavy atom. The van der Waals surface area contributed by atoms with E-state index in [4.69, 9.17) is 0 Å². The third-order valence-electron chi connectivity index (χ3n) is 6.60. The molecule has 4 rings (SSSR count). The summed E-state index contributed by atoms with van der Waals surface area (Å²) in [5.41, 5.74) is 4.64. The van der Waals surface area contributed by atoms with Gasteiger partial charge in [0.05, 0.1) is 6.10 Å². The van der Waals surface area contributed by atoms with Crippen molar-refractivity contribution in [2.24, 2.45) is 17.3 Å². The van der Waals surface area contributed by atoms with Crippen LogP contribution in [-0.4, -0.2) is 17.0 Å². The topological polar surface area (TPSA) is 37.3 Å². The Hall–Kier alpha value is -0.890. The first-order chi connectivity index (χ1) is 9.59. The van der Waals surface area contributed by atoms with Crippen LogP contribution < -0.4 is 0 Å². The van der Waals surface area contributed by atoms with Crippen LogP contribution in [0.15, 0.2) is 22.8 Å². The van der Waals surface area contributed by atoms with Crippen LogP contribution in [0.3, 0.4) is 0 Å². The van der Waals surface area contributed by atoms with Crippen molar-refractivity contribution in [3.05, 3.63) is 22.8 Å². The SMILES string of the molecule is C[C@]12CC=C3C4=C(CC[C@H]3C1CC[C@@H]2O)CC(=O)CC4. The summed E-state index contributed by atoms with van der Waals surface area (Å²) in [4.78, 5) is 11.7. The molecule has 0 radical (unpaired) electrons. The average Bonchev–Trinajstić information content (AvgIpc) is 2.74. The highest BCUT2D eigenvalue weighted by Crippen LogP contribution is 2.58. The highest BCUT2D eigenvalue weighted by Gasteiger charge is 2.52. The van der Waals surface area contributed by atoms with E-state index in [9.17, 15) is 9.90 Å². The third-order valence-corrected chi connectivity index (χ3v) is 6.60. The monoisotopic (exact) mass is 272 g/mol. The van der Waals surface area contributed by atoms with E-state index in [-0.39, 0.29) is 11.5 Å². The molecule has 0 aliphatic heterocycles. The smallest absolute Gasteiger partial charge is 0.137 e. The van der Waals surface area contributed by atoms with Gasteiger partial charge in [0, 0.05) is 18.3 Å². The van der Waals surface area contributed by atoms with Crippen molar-refractivity contribution in [1.29, 1.82) is 0 Å². The van der Waals surface area contributed by atoms with Gasteiger partial charge in [-0.15, -0.1) is 0 Å². The minimum Gasteiger partial charge on any atom is -0.393 e. The molecule has 4 aliphatic rings. The van der Waals surface area contributed by atoms with Gasteiger partial charge in [-0.25, -0.2) is 0 Å². The minimum atomic E-state index is -0.117. The van der Waals surface area contributed by atoms with Gasteiger partial charge in [0.1, 0.15) is 5.78 Å². The highest BCUT2D eigenvalue weighted by atomic mass is 16.3. The zero-order valence-corrected chi connectivity index (χ0v) is 12.3. The summed E-state index contributed by atoms with van der Waals surface area (Å²) in [6.45, 7) is 2.29. The maximum Gasteiger partial charge on any atom is 0.137 e. The molecule has 2 heteroatoms. The third kappa shape index (κ3) is 1.64. The molecule has 4 atom stereocenters. The average molecular weight is 272 g/mol. The summed E-state index contributed by atoms with van der Waals surface area (Å²) in [6.07, 6.45) is 10.2. The second-order valence-corrected chi connectivity index (χ2v) is 7.51. The summed E-state index contributed by atoms with van der Waals surface area (Å²) in [7, 11) is 0. The van der Waals surface area contributed by atoms with E-state index in [0.29, 0.717) is 24.0 Å². The highest BCUT2D eigenvalue weighted by molar-refractivity contribution is 5.83. The summed E-state index contributed by atoms with van der Waals surface area (Å²) < 4.78 is 0. The Morgan fingerprint density at radius 1 is 1.20 bits per heavy atom. The molecule has 0 aromatic heterocycles. The van der Waals surface area contributed by atoms with E-state index in [1.54, 1.807) is 5.57 Å². The first-order valence-electron chi connectivity index (χ1n) is 8.20. The number of hydrogen-bond donors (Lipinski definition) is 1. The molecule has 0 amide bonds. The molecular formula is C18H24O2. The molecule has 1 fully saturated rings. The first-order valence-corrected chi connectivity index (χ1v) is 8.20. The number of aliphatic hydroxyl groups is 1. The molecule has 4 aliphatic carbocycles. The number of fused-ring (bicyclic) bond motifs is 4. The Balaban J connectivity index is 1.73. The largest absolute Gasteiger partial charge is 0.393 e. The van der Waals surface area contributed by atoms with Crippen LogP contribution in [0, 0.1) is 17.3 Å². The number of rotatable bonds is 0. The van der Waals surface area contributed by atoms with Gasteiger partial charge in [0.2, 0.25) is 0 Å². The van der Waals surface area contributed by atoms with Crippen molar-refractivity contribution in [2.45, 2.75) is 64.4 Å². The summed E-state index contributed by atoms with van der Waals surface area (Å²) >= 11 is 0. The van der Waals surface area contributed by atoms with E-state index in [1.165, 1.54) is 24.0 Å². The molecular weight excluding hydrogens is 248 g/mol. The van der Waals surface area contributed by atoms with E-state index in [1.807, 2.05) is 0 Å². The van der Waals surface area contributed by atoms with Crippen LogP contribution in [-0.2, 0) is 4.79 Å². The second-order valence-electron chi connectivity index (χ2n) is 7.51. The van der Waals surface area contributed by atoms with Crippen LogP contribution in [0.5, 0.6) is 0 Å². The Kier molecular flexibility index (Phi) is 2.76. The van der Waals surface area contributed by atoms with Gasteiger partial charge < -0.3 is 5.11 Å². The van der Waals surface area contributed by atoms with Crippen molar-refractivity contribution >= 4 is 5.78 Å². The summed E-state index contributed by atoms with van der Waals surface area (Å²) in [5.74, 6) is 1.74. The lowest BCUT2D eigenvalue weighted by molar-refractivity contribution is -0.118. The summed E-state index contributed by atoms with van der Waals surface area (Å²) in [6, 6.07) is 0. The van der Waals surface area contributed by atoms with Crippen LogP contribution in [0.1, 0.15) is 58.3 Å². The number of ketones is 1. The van der Waals surface area contributed by atoms with E-state index < -0.39 is 0 Å². The Bertz CT molecular complexity index is 528. The van der Waals surface area contributed by atoms with Gasteiger partial charge in [-0.3, -0.25) is 4.79 Å². The molecule has 1 saturated carbocycles. The van der Waals surface area contributed by atoms with E-state index >= 15 is 0 Å². The quantitative estimate of drug-likeness (QED) is 0.732. The van der Waals surface area contributed by atoms with Crippen LogP contribution in [0.4, 0.5) is 0 Å². The maximum atomic E-state index is 11.7. The van der Waals surface area contributed by atoms with Gasteiger partial charge >= 0.3 is 0 Å². The zero-order chi connectivity index (χ0) is 13.9. The van der Waals surface area contributed by atoms with Gasteiger partial charge in [-0.05, 0) is 61.5 Å². The lowest BCUT2D eigenvalue weighted by atomic mass is 9.58. The maximum absolute atomic E-state index is 11.7. The van der Waals surface area contributed by atoms with Crippen LogP contribution in [0.2, 0.25) is 0 Å². The molecule has 0 heterocycles. The van der Waals surface area contributed by atoms with E-state index in [2.05, 4.69) is 13.0 Å². The molecule has 1 N–H and O–H groups in total. The van der Waals surface area contributed by atoms with Crippen molar-refractivity contribution < 1.29 is 9.90 Å². The lowest BCUT2D eigenvalue weighted by Crippen LogP contribution is -2.40. The second kappa shape index (κ2) is 4.30. The van der Waals surface area contributed by atoms with Crippen molar-refractivity contribution in [2.75, 3.05) is 0 Å².